The van der Waals surface area contributed by atoms with E-state index in [1.807, 2.05) is 0 Å². The summed E-state index contributed by atoms with van der Waals surface area (Å²) in [5, 5.41) is 22.6. The fourth-order valence-corrected chi connectivity index (χ4v) is 6.01. The molecule has 5 rings (SSSR count). The number of aliphatic hydroxyl groups is 1. The molecule has 3 N–H and O–H groups in total. The number of nitrogens with two attached hydrogens (primary N) is 1. The number of nitro benzene ring substituents is 1. The van der Waals surface area contributed by atoms with E-state index in [0.717, 1.165) is 6.07 Å². The van der Waals surface area contributed by atoms with Crippen molar-refractivity contribution in [3.8, 4) is 11.5 Å². The molecular formula is C19H20BrN6O10P. The van der Waals surface area contributed by atoms with E-state index in [4.69, 9.17) is 33.5 Å². The van der Waals surface area contributed by atoms with Gasteiger partial charge in [-0.2, -0.15) is 0 Å². The SMILES string of the molecule is COc1cc(COP2(=O)OC[C@H]3O[C@@H](n4c(Br)nc5c(N)ncnc54)[C@H](O)[C@@H]3O2)c([N+](=O)[O-])cc1OC. The third-order valence-corrected chi connectivity index (χ3v) is 7.81. The van der Waals surface area contributed by atoms with Gasteiger partial charge in [0.05, 0.1) is 44.0 Å². The first kappa shape index (κ1) is 25.7. The highest BCUT2D eigenvalue weighted by Crippen LogP contribution is 2.57. The number of anilines is 1. The summed E-state index contributed by atoms with van der Waals surface area (Å²) in [6.45, 7) is -0.759. The Hall–Kier alpha value is -2.92. The average Bonchev–Trinajstić information content (AvgIpc) is 3.38. The second-order valence-corrected chi connectivity index (χ2v) is 10.2. The molecule has 198 valence electrons. The Kier molecular flexibility index (Phi) is 6.78. The van der Waals surface area contributed by atoms with E-state index < -0.39 is 43.9 Å². The summed E-state index contributed by atoms with van der Waals surface area (Å²) in [6, 6.07) is 2.49. The van der Waals surface area contributed by atoms with Crippen molar-refractivity contribution in [2.45, 2.75) is 31.1 Å². The molecule has 2 fully saturated rings. The topological polar surface area (TPSA) is 205 Å². The first-order valence-corrected chi connectivity index (χ1v) is 12.9. The summed E-state index contributed by atoms with van der Waals surface area (Å²) >= 11 is 3.31. The van der Waals surface area contributed by atoms with E-state index >= 15 is 0 Å². The lowest BCUT2D eigenvalue weighted by Crippen LogP contribution is -2.39. The van der Waals surface area contributed by atoms with Crippen molar-refractivity contribution in [2.75, 3.05) is 26.6 Å². The highest BCUT2D eigenvalue weighted by Gasteiger charge is 2.54. The van der Waals surface area contributed by atoms with Crippen LogP contribution in [0.15, 0.2) is 23.2 Å². The van der Waals surface area contributed by atoms with E-state index in [0.29, 0.717) is 11.2 Å². The predicted octanol–water partition coefficient (Wildman–Crippen LogP) is 2.09. The van der Waals surface area contributed by atoms with Gasteiger partial charge >= 0.3 is 7.82 Å². The van der Waals surface area contributed by atoms with Crippen LogP contribution in [0.4, 0.5) is 11.5 Å². The Bertz CT molecular complexity index is 1420. The fourth-order valence-electron chi connectivity index (χ4n) is 4.08. The highest BCUT2D eigenvalue weighted by atomic mass is 79.9. The molecule has 4 heterocycles. The van der Waals surface area contributed by atoms with Gasteiger partial charge in [0.1, 0.15) is 24.6 Å². The number of rotatable bonds is 7. The molecular weight excluding hydrogens is 583 g/mol. The van der Waals surface area contributed by atoms with E-state index in [2.05, 4.69) is 30.9 Å². The number of fused-ring (bicyclic) bond motifs is 2. The Morgan fingerprint density at radius 3 is 2.76 bits per heavy atom. The summed E-state index contributed by atoms with van der Waals surface area (Å²) in [5.74, 6) is 0.483. The first-order valence-electron chi connectivity index (χ1n) is 10.6. The first-order chi connectivity index (χ1) is 17.7. The zero-order chi connectivity index (χ0) is 26.5. The van der Waals surface area contributed by atoms with E-state index in [1.54, 1.807) is 0 Å². The molecule has 2 aromatic heterocycles. The van der Waals surface area contributed by atoms with Crippen LogP contribution < -0.4 is 15.2 Å². The number of benzene rings is 1. The second kappa shape index (κ2) is 9.75. The van der Waals surface area contributed by atoms with Gasteiger partial charge in [0, 0.05) is 0 Å². The van der Waals surface area contributed by atoms with Crippen LogP contribution >= 0.6 is 23.8 Å². The van der Waals surface area contributed by atoms with Gasteiger partial charge in [-0.3, -0.25) is 28.3 Å². The number of methoxy groups -OCH3 is 2. The smallest absolute Gasteiger partial charge is 0.475 e. The number of ether oxygens (including phenoxy) is 3. The minimum Gasteiger partial charge on any atom is -0.493 e. The molecule has 0 saturated carbocycles. The number of aromatic nitrogens is 4. The van der Waals surface area contributed by atoms with Crippen LogP contribution in [0.2, 0.25) is 0 Å². The lowest BCUT2D eigenvalue weighted by molar-refractivity contribution is -0.385. The number of imidazole rings is 1. The summed E-state index contributed by atoms with van der Waals surface area (Å²) in [6.07, 6.45) is -3.08. The van der Waals surface area contributed by atoms with Gasteiger partial charge in [-0.25, -0.2) is 19.5 Å². The summed E-state index contributed by atoms with van der Waals surface area (Å²) < 4.78 is 47.4. The molecule has 18 heteroatoms. The fraction of sp³-hybridized carbons (Fsp3) is 0.421. The summed E-state index contributed by atoms with van der Waals surface area (Å²) in [7, 11) is -1.56. The largest absolute Gasteiger partial charge is 0.493 e. The van der Waals surface area contributed by atoms with Gasteiger partial charge in [0.2, 0.25) is 0 Å². The summed E-state index contributed by atoms with van der Waals surface area (Å²) in [5.41, 5.74) is 6.15. The quantitative estimate of drug-likeness (QED) is 0.172. The Morgan fingerprint density at radius 1 is 1.32 bits per heavy atom. The number of aliphatic hydroxyl groups excluding tert-OH is 1. The van der Waals surface area contributed by atoms with E-state index in [1.165, 1.54) is 31.2 Å². The van der Waals surface area contributed by atoms with Crippen LogP contribution in [0.5, 0.6) is 11.5 Å². The zero-order valence-electron chi connectivity index (χ0n) is 19.2. The predicted molar refractivity (Wildman–Crippen MR) is 127 cm³/mol. The van der Waals surface area contributed by atoms with Crippen molar-refractivity contribution in [1.29, 1.82) is 0 Å². The number of nitro groups is 1. The molecule has 5 atom stereocenters. The monoisotopic (exact) mass is 602 g/mol. The highest BCUT2D eigenvalue weighted by molar-refractivity contribution is 9.10. The minimum atomic E-state index is -4.27. The molecule has 2 aliphatic heterocycles. The Labute approximate surface area is 216 Å². The van der Waals surface area contributed by atoms with Crippen molar-refractivity contribution in [1.82, 2.24) is 19.5 Å². The minimum absolute atomic E-state index is 0.0411. The van der Waals surface area contributed by atoms with Gasteiger partial charge in [0.15, 0.2) is 39.4 Å². The molecule has 0 radical (unpaired) electrons. The number of nitrogen functional groups attached to an aromatic ring is 1. The normalized spacial score (nSPS) is 27.2. The number of phosphoric acid groups is 1. The number of hydrogen-bond donors (Lipinski definition) is 2. The van der Waals surface area contributed by atoms with E-state index in [9.17, 15) is 19.8 Å². The molecule has 0 aliphatic carbocycles. The summed E-state index contributed by atoms with van der Waals surface area (Å²) in [4.78, 5) is 23.2. The van der Waals surface area contributed by atoms with Crippen molar-refractivity contribution < 1.29 is 42.4 Å². The Morgan fingerprint density at radius 2 is 2.05 bits per heavy atom. The Balaban J connectivity index is 1.36. The maximum absolute atomic E-state index is 13.2. The van der Waals surface area contributed by atoms with Crippen LogP contribution in [0.25, 0.3) is 11.2 Å². The third kappa shape index (κ3) is 4.52. The zero-order valence-corrected chi connectivity index (χ0v) is 21.7. The number of hydrogen-bond acceptors (Lipinski definition) is 14. The third-order valence-electron chi connectivity index (χ3n) is 5.83. The lowest BCUT2D eigenvalue weighted by atomic mass is 10.1. The molecule has 2 aliphatic rings. The van der Waals surface area contributed by atoms with Crippen molar-refractivity contribution in [3.63, 3.8) is 0 Å². The molecule has 3 aromatic rings. The molecule has 2 saturated heterocycles. The van der Waals surface area contributed by atoms with Gasteiger partial charge in [-0.15, -0.1) is 0 Å². The number of nitrogens with zero attached hydrogens (tertiary/aromatic N) is 5. The van der Waals surface area contributed by atoms with Crippen LogP contribution in [-0.4, -0.2) is 68.7 Å². The number of halogens is 1. The molecule has 37 heavy (non-hydrogen) atoms. The maximum atomic E-state index is 13.2. The molecule has 1 unspecified atom stereocenters. The molecule has 1 aromatic carbocycles. The van der Waals surface area contributed by atoms with Crippen LogP contribution in [-0.2, 0) is 29.5 Å². The van der Waals surface area contributed by atoms with Crippen LogP contribution in [0.1, 0.15) is 11.8 Å². The van der Waals surface area contributed by atoms with E-state index in [-0.39, 0.29) is 39.9 Å². The molecule has 0 spiro atoms. The van der Waals surface area contributed by atoms with Gasteiger partial charge in [0.25, 0.3) is 5.69 Å². The standard InChI is InChI=1S/C19H20BrN6O10P/c1-31-10-3-8(9(26(28)29)4-11(10)32-2)5-33-37(30)34-6-12-15(36-37)14(27)18(35-12)25-17-13(24-19(25)20)16(21)22-7-23-17/h3-4,7,12,14-15,18,27H,5-6H2,1-2H3,(H2,21,22,23)/t12-,14-,15-,18-,37?/m1/s1. The van der Waals surface area contributed by atoms with Gasteiger partial charge < -0.3 is 25.1 Å². The second-order valence-electron chi connectivity index (χ2n) is 7.92. The number of phosphoric ester groups is 1. The maximum Gasteiger partial charge on any atom is 0.475 e. The van der Waals surface area contributed by atoms with Crippen molar-refractivity contribution in [2.24, 2.45) is 0 Å². The van der Waals surface area contributed by atoms with Crippen LogP contribution in [0.3, 0.4) is 0 Å². The molecule has 0 bridgehead atoms. The van der Waals surface area contributed by atoms with Gasteiger partial charge in [-0.05, 0) is 22.0 Å². The van der Waals surface area contributed by atoms with Crippen LogP contribution in [0, 0.1) is 10.1 Å². The average molecular weight is 603 g/mol. The van der Waals surface area contributed by atoms with Crippen molar-refractivity contribution in [3.05, 3.63) is 38.9 Å². The van der Waals surface area contributed by atoms with Crippen molar-refractivity contribution >= 4 is 46.4 Å². The van der Waals surface area contributed by atoms with Gasteiger partial charge in [-0.1, -0.05) is 0 Å². The molecule has 16 nitrogen and oxygen atoms in total. The molecule has 0 amide bonds. The lowest BCUT2D eigenvalue weighted by Gasteiger charge is -2.30.